The molecule has 1 amide bonds. The minimum Gasteiger partial charge on any atom is -0.459 e. The van der Waals surface area contributed by atoms with Crippen molar-refractivity contribution in [2.75, 3.05) is 25.1 Å². The standard InChI is InChI=1S/C25H27N3O3/c1-3-31-25(30)24(29)28-21-13-8-7-12-20(21)17-27-15-9-14-22(27)23(28)18-26(2)16-19-10-5-4-6-11-19/h4-15,23H,3,16-18H2,1-2H3. The van der Waals surface area contributed by atoms with Crippen LogP contribution in [0.4, 0.5) is 5.69 Å². The number of anilines is 1. The van der Waals surface area contributed by atoms with Crippen molar-refractivity contribution in [3.05, 3.63) is 89.7 Å². The second-order valence-electron chi connectivity index (χ2n) is 7.78. The van der Waals surface area contributed by atoms with Gasteiger partial charge < -0.3 is 9.30 Å². The Hall–Kier alpha value is -3.38. The molecule has 0 saturated heterocycles. The first-order chi connectivity index (χ1) is 15.1. The number of aromatic nitrogens is 1. The third-order valence-corrected chi connectivity index (χ3v) is 5.56. The Labute approximate surface area is 182 Å². The maximum Gasteiger partial charge on any atom is 0.397 e. The van der Waals surface area contributed by atoms with Crippen molar-refractivity contribution in [2.45, 2.75) is 26.1 Å². The second kappa shape index (κ2) is 9.18. The zero-order valence-electron chi connectivity index (χ0n) is 17.9. The molecule has 1 aliphatic heterocycles. The molecule has 2 aromatic carbocycles. The molecule has 6 nitrogen and oxygen atoms in total. The normalized spacial score (nSPS) is 15.2. The number of nitrogens with zero attached hydrogens (tertiary/aromatic N) is 3. The molecular weight excluding hydrogens is 390 g/mol. The van der Waals surface area contributed by atoms with Crippen molar-refractivity contribution >= 4 is 17.6 Å². The van der Waals surface area contributed by atoms with E-state index in [1.54, 1.807) is 11.8 Å². The van der Waals surface area contributed by atoms with E-state index in [2.05, 4.69) is 21.6 Å². The number of carbonyl (C=O) groups excluding carboxylic acids is 2. The molecule has 3 aromatic rings. The van der Waals surface area contributed by atoms with Gasteiger partial charge in [0.2, 0.25) is 0 Å². The van der Waals surface area contributed by atoms with Crippen LogP contribution in [0.5, 0.6) is 0 Å². The lowest BCUT2D eigenvalue weighted by molar-refractivity contribution is -0.153. The number of benzene rings is 2. The smallest absolute Gasteiger partial charge is 0.397 e. The van der Waals surface area contributed by atoms with Gasteiger partial charge in [-0.2, -0.15) is 0 Å². The van der Waals surface area contributed by atoms with Crippen LogP contribution >= 0.6 is 0 Å². The minimum absolute atomic E-state index is 0.162. The summed E-state index contributed by atoms with van der Waals surface area (Å²) in [6, 6.07) is 21.7. The largest absolute Gasteiger partial charge is 0.459 e. The van der Waals surface area contributed by atoms with Gasteiger partial charge in [0.15, 0.2) is 0 Å². The van der Waals surface area contributed by atoms with E-state index in [1.165, 1.54) is 5.56 Å². The van der Waals surface area contributed by atoms with Crippen LogP contribution in [-0.2, 0) is 27.4 Å². The number of para-hydroxylation sites is 1. The Morgan fingerprint density at radius 2 is 1.77 bits per heavy atom. The van der Waals surface area contributed by atoms with Crippen molar-refractivity contribution in [3.8, 4) is 0 Å². The molecule has 0 N–H and O–H groups in total. The van der Waals surface area contributed by atoms with Gasteiger partial charge in [0, 0.05) is 31.5 Å². The van der Waals surface area contributed by atoms with E-state index in [1.807, 2.05) is 67.8 Å². The molecule has 1 aliphatic rings. The van der Waals surface area contributed by atoms with Crippen LogP contribution in [0.3, 0.4) is 0 Å². The highest BCUT2D eigenvalue weighted by atomic mass is 16.5. The van der Waals surface area contributed by atoms with Gasteiger partial charge in [-0.1, -0.05) is 48.5 Å². The maximum atomic E-state index is 13.3. The monoisotopic (exact) mass is 417 g/mol. The summed E-state index contributed by atoms with van der Waals surface area (Å²) in [6.07, 6.45) is 2.02. The molecule has 160 valence electrons. The third kappa shape index (κ3) is 4.39. The highest BCUT2D eigenvalue weighted by Gasteiger charge is 2.37. The van der Waals surface area contributed by atoms with Crippen molar-refractivity contribution in [1.29, 1.82) is 0 Å². The molecule has 4 rings (SSSR count). The first kappa shape index (κ1) is 20.9. The summed E-state index contributed by atoms with van der Waals surface area (Å²) in [5.74, 6) is -1.46. The highest BCUT2D eigenvalue weighted by molar-refractivity contribution is 6.38. The van der Waals surface area contributed by atoms with Crippen LogP contribution in [0.2, 0.25) is 0 Å². The molecule has 0 aliphatic carbocycles. The van der Waals surface area contributed by atoms with Gasteiger partial charge in [-0.05, 0) is 43.3 Å². The molecule has 1 aromatic heterocycles. The summed E-state index contributed by atoms with van der Waals surface area (Å²) < 4.78 is 7.23. The Morgan fingerprint density at radius 1 is 1.03 bits per heavy atom. The second-order valence-corrected chi connectivity index (χ2v) is 7.78. The summed E-state index contributed by atoms with van der Waals surface area (Å²) >= 11 is 0. The van der Waals surface area contributed by atoms with Crippen LogP contribution in [0.1, 0.15) is 29.8 Å². The lowest BCUT2D eigenvalue weighted by Crippen LogP contribution is -2.44. The average molecular weight is 418 g/mol. The van der Waals surface area contributed by atoms with Crippen LogP contribution in [0, 0.1) is 0 Å². The van der Waals surface area contributed by atoms with E-state index in [4.69, 9.17) is 4.74 Å². The van der Waals surface area contributed by atoms with Crippen LogP contribution in [0.25, 0.3) is 0 Å². The topological polar surface area (TPSA) is 54.8 Å². The highest BCUT2D eigenvalue weighted by Crippen LogP contribution is 2.35. The van der Waals surface area contributed by atoms with Crippen LogP contribution in [-0.4, -0.2) is 41.5 Å². The van der Waals surface area contributed by atoms with E-state index in [0.717, 1.165) is 23.5 Å². The van der Waals surface area contributed by atoms with E-state index in [-0.39, 0.29) is 12.6 Å². The molecule has 0 radical (unpaired) electrons. The number of esters is 1. The van der Waals surface area contributed by atoms with E-state index >= 15 is 0 Å². The number of rotatable bonds is 5. The number of hydrogen-bond donors (Lipinski definition) is 0. The van der Waals surface area contributed by atoms with Crippen LogP contribution in [0.15, 0.2) is 72.9 Å². The van der Waals surface area contributed by atoms with Gasteiger partial charge in [-0.25, -0.2) is 4.79 Å². The van der Waals surface area contributed by atoms with Crippen molar-refractivity contribution < 1.29 is 14.3 Å². The Balaban J connectivity index is 1.73. The Morgan fingerprint density at radius 3 is 2.55 bits per heavy atom. The SMILES string of the molecule is CCOC(=O)C(=O)N1c2ccccc2Cn2cccc2C1CN(C)Cc1ccccc1. The summed E-state index contributed by atoms with van der Waals surface area (Å²) in [4.78, 5) is 29.6. The lowest BCUT2D eigenvalue weighted by Gasteiger charge is -2.33. The van der Waals surface area contributed by atoms with Gasteiger partial charge in [-0.3, -0.25) is 14.6 Å². The first-order valence-electron chi connectivity index (χ1n) is 10.5. The Bertz CT molecular complexity index is 1060. The number of amides is 1. The lowest BCUT2D eigenvalue weighted by atomic mass is 10.1. The van der Waals surface area contributed by atoms with Gasteiger partial charge in [0.05, 0.1) is 18.3 Å². The molecule has 0 saturated carbocycles. The minimum atomic E-state index is -0.826. The van der Waals surface area contributed by atoms with E-state index in [9.17, 15) is 9.59 Å². The molecule has 0 bridgehead atoms. The molecule has 31 heavy (non-hydrogen) atoms. The van der Waals surface area contributed by atoms with Crippen molar-refractivity contribution in [3.63, 3.8) is 0 Å². The van der Waals surface area contributed by atoms with Crippen molar-refractivity contribution in [2.24, 2.45) is 0 Å². The number of fused-ring (bicyclic) bond motifs is 2. The van der Waals surface area contributed by atoms with Gasteiger partial charge in [0.1, 0.15) is 0 Å². The predicted molar refractivity (Wildman–Crippen MR) is 120 cm³/mol. The van der Waals surface area contributed by atoms with E-state index in [0.29, 0.717) is 13.1 Å². The average Bonchev–Trinajstić information content (AvgIpc) is 3.18. The fraction of sp³-hybridized carbons (Fsp3) is 0.280. The number of ether oxygens (including phenoxy) is 1. The fourth-order valence-electron chi connectivity index (χ4n) is 4.21. The number of likely N-dealkylation sites (N-methyl/N-ethyl adjacent to an activating group) is 1. The molecular formula is C25H27N3O3. The number of hydrogen-bond acceptors (Lipinski definition) is 4. The third-order valence-electron chi connectivity index (χ3n) is 5.56. The molecule has 2 heterocycles. The molecule has 0 fully saturated rings. The summed E-state index contributed by atoms with van der Waals surface area (Å²) in [5, 5.41) is 0. The zero-order valence-corrected chi connectivity index (χ0v) is 17.9. The van der Waals surface area contributed by atoms with Gasteiger partial charge in [-0.15, -0.1) is 0 Å². The number of carbonyl (C=O) groups is 2. The summed E-state index contributed by atoms with van der Waals surface area (Å²) in [5.41, 5.74) is 3.93. The van der Waals surface area contributed by atoms with Gasteiger partial charge >= 0.3 is 11.9 Å². The summed E-state index contributed by atoms with van der Waals surface area (Å²) in [6.45, 7) is 3.82. The first-order valence-corrected chi connectivity index (χ1v) is 10.5. The predicted octanol–water partition coefficient (Wildman–Crippen LogP) is 3.62. The zero-order chi connectivity index (χ0) is 21.8. The quantitative estimate of drug-likeness (QED) is 0.470. The van der Waals surface area contributed by atoms with Crippen molar-refractivity contribution in [1.82, 2.24) is 9.47 Å². The molecule has 6 heteroatoms. The van der Waals surface area contributed by atoms with Crippen LogP contribution < -0.4 is 4.90 Å². The molecule has 1 atom stereocenters. The fourth-order valence-corrected chi connectivity index (χ4v) is 4.21. The van der Waals surface area contributed by atoms with E-state index < -0.39 is 11.9 Å². The van der Waals surface area contributed by atoms with Gasteiger partial charge in [0.25, 0.3) is 0 Å². The molecule has 1 unspecified atom stereocenters. The Kier molecular flexibility index (Phi) is 6.18. The summed E-state index contributed by atoms with van der Waals surface area (Å²) in [7, 11) is 2.03. The maximum absolute atomic E-state index is 13.3. The molecule has 0 spiro atoms.